The van der Waals surface area contributed by atoms with Crippen molar-refractivity contribution in [1.29, 1.82) is 0 Å². The van der Waals surface area contributed by atoms with Crippen LogP contribution in [0.25, 0.3) is 11.4 Å². The van der Waals surface area contributed by atoms with Crippen molar-refractivity contribution in [1.82, 2.24) is 9.97 Å². The highest BCUT2D eigenvalue weighted by Gasteiger charge is 2.20. The standard InChI is InChI=1S/C15H13BrCl2N2/c16-11-6-5-10(7-12(11)17)15-19-13(8-14(18)20-15)9-3-1-2-4-9/h5-9H,1-4H2. The van der Waals surface area contributed by atoms with Crippen molar-refractivity contribution in [2.24, 2.45) is 0 Å². The van der Waals surface area contributed by atoms with Crippen molar-refractivity contribution >= 4 is 39.1 Å². The van der Waals surface area contributed by atoms with Gasteiger partial charge in [-0.25, -0.2) is 9.97 Å². The van der Waals surface area contributed by atoms with E-state index in [1.807, 2.05) is 24.3 Å². The maximum absolute atomic E-state index is 6.16. The fourth-order valence-corrected chi connectivity index (χ4v) is 3.25. The lowest BCUT2D eigenvalue weighted by Crippen LogP contribution is -2.00. The number of hydrogen-bond donors (Lipinski definition) is 0. The molecule has 1 heterocycles. The van der Waals surface area contributed by atoms with Gasteiger partial charge in [0.15, 0.2) is 5.82 Å². The summed E-state index contributed by atoms with van der Waals surface area (Å²) in [6, 6.07) is 7.59. The van der Waals surface area contributed by atoms with Crippen LogP contribution in [-0.2, 0) is 0 Å². The Morgan fingerprint density at radius 3 is 2.50 bits per heavy atom. The van der Waals surface area contributed by atoms with Gasteiger partial charge in [0, 0.05) is 21.6 Å². The highest BCUT2D eigenvalue weighted by atomic mass is 79.9. The van der Waals surface area contributed by atoms with Crippen LogP contribution in [0.3, 0.4) is 0 Å². The summed E-state index contributed by atoms with van der Waals surface area (Å²) in [5.41, 5.74) is 1.94. The smallest absolute Gasteiger partial charge is 0.161 e. The summed E-state index contributed by atoms with van der Waals surface area (Å²) < 4.78 is 0.862. The fraction of sp³-hybridized carbons (Fsp3) is 0.333. The van der Waals surface area contributed by atoms with Crippen LogP contribution in [0.15, 0.2) is 28.7 Å². The molecule has 0 radical (unpaired) electrons. The van der Waals surface area contributed by atoms with Gasteiger partial charge < -0.3 is 0 Å². The summed E-state index contributed by atoms with van der Waals surface area (Å²) in [6.07, 6.45) is 4.92. The number of nitrogens with zero attached hydrogens (tertiary/aromatic N) is 2. The molecule has 2 nitrogen and oxygen atoms in total. The fourth-order valence-electron chi connectivity index (χ4n) is 2.63. The van der Waals surface area contributed by atoms with Gasteiger partial charge in [-0.05, 0) is 53.0 Å². The molecule has 1 aromatic carbocycles. The van der Waals surface area contributed by atoms with E-state index in [4.69, 9.17) is 23.2 Å². The van der Waals surface area contributed by atoms with Crippen molar-refractivity contribution in [3.05, 3.63) is 44.6 Å². The van der Waals surface area contributed by atoms with Gasteiger partial charge in [-0.15, -0.1) is 0 Å². The minimum Gasteiger partial charge on any atom is -0.233 e. The molecular weight excluding hydrogens is 359 g/mol. The normalized spacial score (nSPS) is 15.8. The predicted molar refractivity (Wildman–Crippen MR) is 86.4 cm³/mol. The first-order valence-corrected chi connectivity index (χ1v) is 8.18. The third-order valence-corrected chi connectivity index (χ3v) is 5.09. The first kappa shape index (κ1) is 14.3. The number of halogens is 3. The van der Waals surface area contributed by atoms with E-state index < -0.39 is 0 Å². The molecule has 0 aliphatic heterocycles. The highest BCUT2D eigenvalue weighted by Crippen LogP contribution is 2.35. The van der Waals surface area contributed by atoms with Crippen LogP contribution >= 0.6 is 39.1 Å². The lowest BCUT2D eigenvalue weighted by Gasteiger charge is -2.11. The molecular formula is C15H13BrCl2N2. The van der Waals surface area contributed by atoms with Crippen LogP contribution < -0.4 is 0 Å². The van der Waals surface area contributed by atoms with Crippen LogP contribution in [0.2, 0.25) is 10.2 Å². The van der Waals surface area contributed by atoms with Crippen LogP contribution in [0.4, 0.5) is 0 Å². The van der Waals surface area contributed by atoms with Crippen LogP contribution in [0.5, 0.6) is 0 Å². The minimum atomic E-state index is 0.496. The van der Waals surface area contributed by atoms with Crippen LogP contribution in [-0.4, -0.2) is 9.97 Å². The van der Waals surface area contributed by atoms with Crippen LogP contribution in [0.1, 0.15) is 37.3 Å². The van der Waals surface area contributed by atoms with Gasteiger partial charge in [0.05, 0.1) is 5.02 Å². The molecule has 104 valence electrons. The molecule has 0 atom stereocenters. The summed E-state index contributed by atoms with van der Waals surface area (Å²) in [4.78, 5) is 9.01. The molecule has 1 aliphatic carbocycles. The Labute approximate surface area is 136 Å². The van der Waals surface area contributed by atoms with E-state index in [0.717, 1.165) is 15.7 Å². The average Bonchev–Trinajstić information content (AvgIpc) is 2.95. The van der Waals surface area contributed by atoms with Crippen LogP contribution in [0, 0.1) is 0 Å². The molecule has 1 fully saturated rings. The highest BCUT2D eigenvalue weighted by molar-refractivity contribution is 9.10. The van der Waals surface area contributed by atoms with Crippen molar-refractivity contribution in [3.63, 3.8) is 0 Å². The molecule has 1 aliphatic rings. The van der Waals surface area contributed by atoms with E-state index >= 15 is 0 Å². The Kier molecular flexibility index (Phi) is 4.29. The summed E-state index contributed by atoms with van der Waals surface area (Å²) in [6.45, 7) is 0. The molecule has 2 aromatic rings. The second-order valence-electron chi connectivity index (χ2n) is 5.05. The zero-order valence-electron chi connectivity index (χ0n) is 10.7. The Bertz CT molecular complexity index is 640. The molecule has 20 heavy (non-hydrogen) atoms. The van der Waals surface area contributed by atoms with E-state index in [2.05, 4.69) is 25.9 Å². The van der Waals surface area contributed by atoms with Gasteiger partial charge >= 0.3 is 0 Å². The second-order valence-corrected chi connectivity index (χ2v) is 6.70. The zero-order valence-corrected chi connectivity index (χ0v) is 13.8. The lowest BCUT2D eigenvalue weighted by atomic mass is 10.0. The first-order valence-electron chi connectivity index (χ1n) is 6.63. The summed E-state index contributed by atoms with van der Waals surface area (Å²) >= 11 is 15.7. The van der Waals surface area contributed by atoms with Gasteiger partial charge in [0.1, 0.15) is 5.15 Å². The first-order chi connectivity index (χ1) is 9.63. The van der Waals surface area contributed by atoms with Gasteiger partial charge in [-0.2, -0.15) is 0 Å². The Morgan fingerprint density at radius 1 is 1.05 bits per heavy atom. The maximum Gasteiger partial charge on any atom is 0.161 e. The molecule has 3 rings (SSSR count). The van der Waals surface area contributed by atoms with E-state index in [9.17, 15) is 0 Å². The SMILES string of the molecule is Clc1cc(C2CCCC2)nc(-c2ccc(Br)c(Cl)c2)n1. The third-order valence-electron chi connectivity index (χ3n) is 3.67. The molecule has 0 bridgehead atoms. The lowest BCUT2D eigenvalue weighted by molar-refractivity contribution is 0.695. The van der Waals surface area contributed by atoms with Gasteiger partial charge in [0.2, 0.25) is 0 Å². The largest absolute Gasteiger partial charge is 0.233 e. The minimum absolute atomic E-state index is 0.496. The zero-order chi connectivity index (χ0) is 14.1. The van der Waals surface area contributed by atoms with E-state index in [1.165, 1.54) is 25.7 Å². The molecule has 1 aromatic heterocycles. The van der Waals surface area contributed by atoms with E-state index in [-0.39, 0.29) is 0 Å². The van der Waals surface area contributed by atoms with Crippen molar-refractivity contribution < 1.29 is 0 Å². The Morgan fingerprint density at radius 2 is 1.80 bits per heavy atom. The van der Waals surface area contributed by atoms with Crippen molar-refractivity contribution in [2.75, 3.05) is 0 Å². The van der Waals surface area contributed by atoms with Gasteiger partial charge in [-0.1, -0.05) is 36.0 Å². The third kappa shape index (κ3) is 3.00. The molecule has 0 unspecified atom stereocenters. The Hall–Kier alpha value is -0.640. The van der Waals surface area contributed by atoms with Crippen molar-refractivity contribution in [2.45, 2.75) is 31.6 Å². The van der Waals surface area contributed by atoms with E-state index in [1.54, 1.807) is 0 Å². The number of hydrogen-bond acceptors (Lipinski definition) is 2. The topological polar surface area (TPSA) is 25.8 Å². The average molecular weight is 372 g/mol. The quantitative estimate of drug-likeness (QED) is 0.617. The Balaban J connectivity index is 2.02. The summed E-state index contributed by atoms with van der Waals surface area (Å²) in [5.74, 6) is 1.16. The molecule has 0 saturated heterocycles. The van der Waals surface area contributed by atoms with Gasteiger partial charge in [-0.3, -0.25) is 0 Å². The molecule has 1 saturated carbocycles. The number of rotatable bonds is 2. The summed E-state index contributed by atoms with van der Waals surface area (Å²) in [7, 11) is 0. The molecule has 5 heteroatoms. The molecule has 0 amide bonds. The van der Waals surface area contributed by atoms with Gasteiger partial charge in [0.25, 0.3) is 0 Å². The second kappa shape index (κ2) is 6.00. The number of aromatic nitrogens is 2. The molecule has 0 spiro atoms. The monoisotopic (exact) mass is 370 g/mol. The molecule has 0 N–H and O–H groups in total. The van der Waals surface area contributed by atoms with Crippen molar-refractivity contribution in [3.8, 4) is 11.4 Å². The van der Waals surface area contributed by atoms with E-state index in [0.29, 0.717) is 21.9 Å². The predicted octanol–water partition coefficient (Wildman–Crippen LogP) is 5.87. The summed E-state index contributed by atoms with van der Waals surface area (Å²) in [5, 5.41) is 1.14. The number of benzene rings is 1. The maximum atomic E-state index is 6.16.